The first-order valence-corrected chi connectivity index (χ1v) is 5.47. The molecule has 0 aromatic heterocycles. The number of para-hydroxylation sites is 1. The second-order valence-corrected chi connectivity index (χ2v) is 4.18. The van der Waals surface area contributed by atoms with Crippen molar-refractivity contribution in [3.05, 3.63) is 30.3 Å². The minimum absolute atomic E-state index is 0.0706. The lowest BCUT2D eigenvalue weighted by molar-refractivity contribution is 0.233. The van der Waals surface area contributed by atoms with Crippen LogP contribution in [0.25, 0.3) is 0 Å². The average molecular weight is 206 g/mol. The largest absolute Gasteiger partial charge is 0.395 e. The van der Waals surface area contributed by atoms with E-state index in [9.17, 15) is 0 Å². The molecule has 2 unspecified atom stereocenters. The van der Waals surface area contributed by atoms with E-state index in [2.05, 4.69) is 29.2 Å². The van der Waals surface area contributed by atoms with Gasteiger partial charge in [-0.15, -0.1) is 0 Å². The molecule has 2 rings (SSSR count). The molecule has 82 valence electrons. The maximum Gasteiger partial charge on any atom is 0.0585 e. The van der Waals surface area contributed by atoms with Crippen LogP contribution in [0.3, 0.4) is 0 Å². The monoisotopic (exact) mass is 206 g/mol. The van der Waals surface area contributed by atoms with Crippen LogP contribution in [0.15, 0.2) is 30.3 Å². The number of aliphatic hydroxyl groups is 1. The average Bonchev–Trinajstić information content (AvgIpc) is 2.78. The second kappa shape index (κ2) is 4.64. The van der Waals surface area contributed by atoms with Crippen molar-refractivity contribution in [1.29, 1.82) is 0 Å². The summed E-state index contributed by atoms with van der Waals surface area (Å²) in [6, 6.07) is 10.3. The van der Waals surface area contributed by atoms with Gasteiger partial charge in [-0.05, 0) is 24.5 Å². The van der Waals surface area contributed by atoms with Gasteiger partial charge in [0.15, 0.2) is 0 Å². The van der Waals surface area contributed by atoms with Crippen LogP contribution in [0, 0.1) is 5.92 Å². The summed E-state index contributed by atoms with van der Waals surface area (Å²) < 4.78 is 0. The van der Waals surface area contributed by atoms with Crippen molar-refractivity contribution in [2.75, 3.05) is 24.6 Å². The summed E-state index contributed by atoms with van der Waals surface area (Å²) in [5.41, 5.74) is 7.10. The van der Waals surface area contributed by atoms with E-state index in [0.29, 0.717) is 5.92 Å². The third-order valence-corrected chi connectivity index (χ3v) is 3.16. The molecule has 0 saturated carbocycles. The van der Waals surface area contributed by atoms with Crippen molar-refractivity contribution in [3.63, 3.8) is 0 Å². The van der Waals surface area contributed by atoms with Crippen molar-refractivity contribution in [2.45, 2.75) is 12.5 Å². The number of anilines is 1. The minimum Gasteiger partial charge on any atom is -0.395 e. The molecule has 1 aliphatic heterocycles. The molecule has 0 amide bonds. The molecule has 1 aliphatic rings. The van der Waals surface area contributed by atoms with Gasteiger partial charge in [-0.25, -0.2) is 0 Å². The van der Waals surface area contributed by atoms with E-state index in [-0.39, 0.29) is 12.6 Å². The van der Waals surface area contributed by atoms with E-state index in [1.54, 1.807) is 0 Å². The molecule has 3 N–H and O–H groups in total. The Morgan fingerprint density at radius 1 is 1.40 bits per heavy atom. The van der Waals surface area contributed by atoms with Gasteiger partial charge in [-0.1, -0.05) is 18.2 Å². The van der Waals surface area contributed by atoms with E-state index in [4.69, 9.17) is 10.8 Å². The Labute approximate surface area is 90.5 Å². The summed E-state index contributed by atoms with van der Waals surface area (Å²) in [5.74, 6) is 0.426. The number of hydrogen-bond donors (Lipinski definition) is 2. The Bertz CT molecular complexity index is 302. The van der Waals surface area contributed by atoms with Crippen LogP contribution in [0.5, 0.6) is 0 Å². The van der Waals surface area contributed by atoms with Crippen LogP contribution in [0.2, 0.25) is 0 Å². The van der Waals surface area contributed by atoms with Crippen LogP contribution < -0.4 is 10.6 Å². The standard InChI is InChI=1S/C12H18N2O/c13-12(9-15)10-6-7-14(8-10)11-4-2-1-3-5-11/h1-5,10,12,15H,6-9,13H2. The molecule has 0 spiro atoms. The van der Waals surface area contributed by atoms with Crippen molar-refractivity contribution in [3.8, 4) is 0 Å². The Morgan fingerprint density at radius 3 is 2.80 bits per heavy atom. The summed E-state index contributed by atoms with van der Waals surface area (Å²) in [4.78, 5) is 2.33. The lowest BCUT2D eigenvalue weighted by atomic mass is 10.0. The van der Waals surface area contributed by atoms with E-state index in [0.717, 1.165) is 19.5 Å². The molecule has 2 atom stereocenters. The fraction of sp³-hybridized carbons (Fsp3) is 0.500. The van der Waals surface area contributed by atoms with Gasteiger partial charge >= 0.3 is 0 Å². The molecular formula is C12H18N2O. The molecule has 3 heteroatoms. The Kier molecular flexibility index (Phi) is 3.23. The molecule has 1 aromatic rings. The van der Waals surface area contributed by atoms with Gasteiger partial charge in [0.1, 0.15) is 0 Å². The summed E-state index contributed by atoms with van der Waals surface area (Å²) >= 11 is 0. The molecule has 0 aliphatic carbocycles. The quantitative estimate of drug-likeness (QED) is 0.770. The third-order valence-electron chi connectivity index (χ3n) is 3.16. The Balaban J connectivity index is 1.99. The zero-order chi connectivity index (χ0) is 10.7. The minimum atomic E-state index is -0.0706. The van der Waals surface area contributed by atoms with E-state index < -0.39 is 0 Å². The number of nitrogens with two attached hydrogens (primary N) is 1. The second-order valence-electron chi connectivity index (χ2n) is 4.18. The first-order valence-electron chi connectivity index (χ1n) is 5.47. The zero-order valence-corrected chi connectivity index (χ0v) is 8.84. The number of nitrogens with zero attached hydrogens (tertiary/aromatic N) is 1. The van der Waals surface area contributed by atoms with Gasteiger partial charge in [0.05, 0.1) is 6.61 Å². The van der Waals surface area contributed by atoms with Crippen LogP contribution in [0.1, 0.15) is 6.42 Å². The molecule has 0 radical (unpaired) electrons. The molecular weight excluding hydrogens is 188 g/mol. The third kappa shape index (κ3) is 2.30. The normalized spacial score (nSPS) is 23.1. The van der Waals surface area contributed by atoms with Crippen molar-refractivity contribution < 1.29 is 5.11 Å². The summed E-state index contributed by atoms with van der Waals surface area (Å²) in [7, 11) is 0. The fourth-order valence-corrected chi connectivity index (χ4v) is 2.16. The highest BCUT2D eigenvalue weighted by Crippen LogP contribution is 2.24. The molecule has 1 aromatic carbocycles. The predicted octanol–water partition coefficient (Wildman–Crippen LogP) is 0.832. The smallest absolute Gasteiger partial charge is 0.0585 e. The first-order chi connectivity index (χ1) is 7.31. The highest BCUT2D eigenvalue weighted by Gasteiger charge is 2.26. The first kappa shape index (κ1) is 10.5. The van der Waals surface area contributed by atoms with Crippen LogP contribution >= 0.6 is 0 Å². The topological polar surface area (TPSA) is 49.5 Å². The lowest BCUT2D eigenvalue weighted by Gasteiger charge is -2.20. The predicted molar refractivity (Wildman–Crippen MR) is 61.8 cm³/mol. The van der Waals surface area contributed by atoms with Crippen molar-refractivity contribution in [2.24, 2.45) is 11.7 Å². The molecule has 1 saturated heterocycles. The van der Waals surface area contributed by atoms with Gasteiger partial charge in [-0.2, -0.15) is 0 Å². The zero-order valence-electron chi connectivity index (χ0n) is 8.84. The van der Waals surface area contributed by atoms with Crippen LogP contribution in [0.4, 0.5) is 5.69 Å². The van der Waals surface area contributed by atoms with Gasteiger partial charge in [0.25, 0.3) is 0 Å². The molecule has 15 heavy (non-hydrogen) atoms. The van der Waals surface area contributed by atoms with Gasteiger partial charge in [0.2, 0.25) is 0 Å². The lowest BCUT2D eigenvalue weighted by Crippen LogP contribution is -2.35. The molecule has 1 heterocycles. The van der Waals surface area contributed by atoms with Crippen LogP contribution in [-0.4, -0.2) is 30.8 Å². The number of hydrogen-bond acceptors (Lipinski definition) is 3. The number of benzene rings is 1. The van der Waals surface area contributed by atoms with E-state index in [1.807, 2.05) is 6.07 Å². The summed E-state index contributed by atoms with van der Waals surface area (Å²) in [6.07, 6.45) is 1.08. The Hall–Kier alpha value is -1.06. The van der Waals surface area contributed by atoms with E-state index in [1.165, 1.54) is 5.69 Å². The maximum atomic E-state index is 9.01. The van der Waals surface area contributed by atoms with Gasteiger partial charge in [-0.3, -0.25) is 0 Å². The van der Waals surface area contributed by atoms with Crippen molar-refractivity contribution >= 4 is 5.69 Å². The highest BCUT2D eigenvalue weighted by molar-refractivity contribution is 5.46. The molecule has 0 bridgehead atoms. The van der Waals surface area contributed by atoms with Gasteiger partial charge < -0.3 is 15.7 Å². The molecule has 3 nitrogen and oxygen atoms in total. The maximum absolute atomic E-state index is 9.01. The van der Waals surface area contributed by atoms with Crippen LogP contribution in [-0.2, 0) is 0 Å². The Morgan fingerprint density at radius 2 is 2.13 bits per heavy atom. The van der Waals surface area contributed by atoms with E-state index >= 15 is 0 Å². The van der Waals surface area contributed by atoms with Crippen molar-refractivity contribution in [1.82, 2.24) is 0 Å². The highest BCUT2D eigenvalue weighted by atomic mass is 16.3. The fourth-order valence-electron chi connectivity index (χ4n) is 2.16. The summed E-state index contributed by atoms with van der Waals surface area (Å²) in [5, 5.41) is 9.01. The number of rotatable bonds is 3. The SMILES string of the molecule is NC(CO)C1CCN(c2ccccc2)C1. The van der Waals surface area contributed by atoms with Gasteiger partial charge in [0, 0.05) is 24.8 Å². The summed E-state index contributed by atoms with van der Waals surface area (Å²) in [6.45, 7) is 2.10. The number of aliphatic hydroxyl groups excluding tert-OH is 1. The molecule has 1 fully saturated rings.